The topological polar surface area (TPSA) is 83.1 Å². The van der Waals surface area contributed by atoms with Gasteiger partial charge in [-0.1, -0.05) is 50.2 Å². The Balaban J connectivity index is 1.85. The van der Waals surface area contributed by atoms with Crippen LogP contribution in [-0.4, -0.2) is 33.1 Å². The first kappa shape index (κ1) is 25.4. The Hall–Kier alpha value is -3.74. The number of allylic oxidation sites excluding steroid dienone is 3. The lowest BCUT2D eigenvalue weighted by Gasteiger charge is -2.39. The summed E-state index contributed by atoms with van der Waals surface area (Å²) in [4.78, 5) is 27.2. The standard InChI is InChI=1S/C29H33NO6/c1-17-23(28(32)36-16-18-10-8-7-9-11-18)24(25-20(30-17)14-29(2,3)15-21(25)31)19-12-13-22(33-4)27(35-6)26(19)34-5/h7-13,24,30H,14-16H2,1-6H3. The molecule has 36 heavy (non-hydrogen) atoms. The van der Waals surface area contributed by atoms with Crippen molar-refractivity contribution in [3.8, 4) is 17.2 Å². The van der Waals surface area contributed by atoms with Crippen LogP contribution in [0.4, 0.5) is 0 Å². The van der Waals surface area contributed by atoms with E-state index >= 15 is 0 Å². The van der Waals surface area contributed by atoms with Gasteiger partial charge >= 0.3 is 5.97 Å². The summed E-state index contributed by atoms with van der Waals surface area (Å²) < 4.78 is 22.6. The van der Waals surface area contributed by atoms with Crippen LogP contribution in [0, 0.1) is 5.41 Å². The number of methoxy groups -OCH3 is 3. The number of Topliss-reactive ketones (excluding diaryl/α,β-unsaturated/α-hetero) is 1. The Bertz CT molecular complexity index is 1240. The lowest BCUT2D eigenvalue weighted by molar-refractivity contribution is -0.140. The van der Waals surface area contributed by atoms with Crippen molar-refractivity contribution >= 4 is 11.8 Å². The van der Waals surface area contributed by atoms with Gasteiger partial charge in [0.2, 0.25) is 5.75 Å². The molecule has 2 aliphatic rings. The molecule has 1 unspecified atom stereocenters. The van der Waals surface area contributed by atoms with E-state index in [-0.39, 0.29) is 17.8 Å². The minimum absolute atomic E-state index is 0.00329. The Morgan fingerprint density at radius 2 is 1.67 bits per heavy atom. The van der Waals surface area contributed by atoms with E-state index in [1.165, 1.54) is 14.2 Å². The van der Waals surface area contributed by atoms with Crippen LogP contribution in [0.5, 0.6) is 17.2 Å². The molecule has 0 bridgehead atoms. The fourth-order valence-corrected chi connectivity index (χ4v) is 5.17. The normalized spacial score (nSPS) is 18.8. The lowest BCUT2D eigenvalue weighted by Crippen LogP contribution is -2.38. The van der Waals surface area contributed by atoms with Crippen LogP contribution < -0.4 is 19.5 Å². The summed E-state index contributed by atoms with van der Waals surface area (Å²) in [6.45, 7) is 6.12. The fourth-order valence-electron chi connectivity index (χ4n) is 5.17. The zero-order chi connectivity index (χ0) is 26.0. The zero-order valence-corrected chi connectivity index (χ0v) is 21.7. The third kappa shape index (κ3) is 4.70. The highest BCUT2D eigenvalue weighted by atomic mass is 16.5. The predicted molar refractivity (Wildman–Crippen MR) is 136 cm³/mol. The molecular formula is C29H33NO6. The molecule has 7 nitrogen and oxygen atoms in total. The van der Waals surface area contributed by atoms with Crippen molar-refractivity contribution in [2.24, 2.45) is 5.41 Å². The van der Waals surface area contributed by atoms with E-state index in [4.69, 9.17) is 18.9 Å². The van der Waals surface area contributed by atoms with E-state index in [2.05, 4.69) is 19.2 Å². The summed E-state index contributed by atoms with van der Waals surface area (Å²) in [6, 6.07) is 13.1. The van der Waals surface area contributed by atoms with Gasteiger partial charge in [-0.25, -0.2) is 4.79 Å². The van der Waals surface area contributed by atoms with Gasteiger partial charge in [0.25, 0.3) is 0 Å². The molecule has 7 heteroatoms. The number of nitrogens with one attached hydrogen (secondary N) is 1. The first-order chi connectivity index (χ1) is 17.2. The van der Waals surface area contributed by atoms with Crippen molar-refractivity contribution in [1.82, 2.24) is 5.32 Å². The Morgan fingerprint density at radius 1 is 0.972 bits per heavy atom. The van der Waals surface area contributed by atoms with Crippen LogP contribution in [0.1, 0.15) is 50.7 Å². The maximum atomic E-state index is 13.6. The van der Waals surface area contributed by atoms with Gasteiger partial charge < -0.3 is 24.3 Å². The monoisotopic (exact) mass is 491 g/mol. The number of carbonyl (C=O) groups excluding carboxylic acids is 2. The number of benzene rings is 2. The molecule has 1 aliphatic heterocycles. The van der Waals surface area contributed by atoms with Crippen LogP contribution in [0.25, 0.3) is 0 Å². The van der Waals surface area contributed by atoms with Crippen LogP contribution in [0.3, 0.4) is 0 Å². The van der Waals surface area contributed by atoms with Gasteiger partial charge in [-0.2, -0.15) is 0 Å². The maximum Gasteiger partial charge on any atom is 0.337 e. The summed E-state index contributed by atoms with van der Waals surface area (Å²) in [5, 5.41) is 3.36. The Morgan fingerprint density at radius 3 is 2.31 bits per heavy atom. The molecule has 0 fully saturated rings. The van der Waals surface area contributed by atoms with Gasteiger partial charge in [0.05, 0.1) is 32.8 Å². The molecule has 1 aliphatic carbocycles. The molecule has 0 radical (unpaired) electrons. The molecule has 0 spiro atoms. The third-order valence-electron chi connectivity index (χ3n) is 6.72. The molecule has 4 rings (SSSR count). The number of hydrogen-bond acceptors (Lipinski definition) is 7. The highest BCUT2D eigenvalue weighted by Crippen LogP contribution is 2.51. The molecule has 0 amide bonds. The summed E-state index contributed by atoms with van der Waals surface area (Å²) >= 11 is 0. The molecule has 1 atom stereocenters. The SMILES string of the molecule is COc1ccc(C2C(C(=O)OCc3ccccc3)=C(C)NC3=C2C(=O)CC(C)(C)C3)c(OC)c1OC. The van der Waals surface area contributed by atoms with Gasteiger partial charge in [-0.3, -0.25) is 4.79 Å². The second-order valence-corrected chi connectivity index (χ2v) is 9.92. The highest BCUT2D eigenvalue weighted by molar-refractivity contribution is 6.04. The number of carbonyl (C=O) groups is 2. The van der Waals surface area contributed by atoms with Crippen LogP contribution >= 0.6 is 0 Å². The molecule has 0 saturated heterocycles. The van der Waals surface area contributed by atoms with Crippen LogP contribution in [0.15, 0.2) is 65.0 Å². The van der Waals surface area contributed by atoms with Gasteiger partial charge in [-0.05, 0) is 30.4 Å². The Kier molecular flexibility index (Phi) is 7.11. The van der Waals surface area contributed by atoms with Crippen LogP contribution in [0.2, 0.25) is 0 Å². The van der Waals surface area contributed by atoms with Gasteiger partial charge in [-0.15, -0.1) is 0 Å². The van der Waals surface area contributed by atoms with E-state index in [0.717, 1.165) is 11.3 Å². The number of ether oxygens (including phenoxy) is 4. The third-order valence-corrected chi connectivity index (χ3v) is 6.72. The summed E-state index contributed by atoms with van der Waals surface area (Å²) in [5.41, 5.74) is 3.75. The Labute approximate surface area is 212 Å². The molecule has 190 valence electrons. The average Bonchev–Trinajstić information content (AvgIpc) is 2.85. The molecule has 2 aromatic rings. The van der Waals surface area contributed by atoms with Crippen molar-refractivity contribution in [3.63, 3.8) is 0 Å². The minimum Gasteiger partial charge on any atom is -0.493 e. The van der Waals surface area contributed by atoms with E-state index in [9.17, 15) is 9.59 Å². The molecule has 0 aromatic heterocycles. The number of hydrogen-bond donors (Lipinski definition) is 1. The first-order valence-electron chi connectivity index (χ1n) is 11.9. The minimum atomic E-state index is -0.678. The number of ketones is 1. The predicted octanol–water partition coefficient (Wildman–Crippen LogP) is 5.06. The molecular weight excluding hydrogens is 458 g/mol. The number of rotatable bonds is 7. The highest BCUT2D eigenvalue weighted by Gasteiger charge is 2.44. The second kappa shape index (κ2) is 10.1. The summed E-state index contributed by atoms with van der Waals surface area (Å²) in [5.74, 6) is 0.131. The smallest absolute Gasteiger partial charge is 0.337 e. The summed E-state index contributed by atoms with van der Waals surface area (Å²) in [6.07, 6.45) is 1.06. The maximum absolute atomic E-state index is 13.6. The van der Waals surface area contributed by atoms with Gasteiger partial charge in [0, 0.05) is 29.0 Å². The van der Waals surface area contributed by atoms with E-state index in [1.807, 2.05) is 43.3 Å². The quantitative estimate of drug-likeness (QED) is 0.542. The van der Waals surface area contributed by atoms with Crippen molar-refractivity contribution in [1.29, 1.82) is 0 Å². The molecule has 0 saturated carbocycles. The van der Waals surface area contributed by atoms with Crippen molar-refractivity contribution in [3.05, 3.63) is 76.1 Å². The molecule has 1 heterocycles. The molecule has 2 aromatic carbocycles. The number of dihydropyridines is 1. The lowest BCUT2D eigenvalue weighted by atomic mass is 9.68. The van der Waals surface area contributed by atoms with Crippen molar-refractivity contribution < 1.29 is 28.5 Å². The van der Waals surface area contributed by atoms with Gasteiger partial charge in [0.15, 0.2) is 17.3 Å². The largest absolute Gasteiger partial charge is 0.493 e. The number of esters is 1. The zero-order valence-electron chi connectivity index (χ0n) is 21.7. The second-order valence-electron chi connectivity index (χ2n) is 9.92. The van der Waals surface area contributed by atoms with Gasteiger partial charge in [0.1, 0.15) is 6.61 Å². The van der Waals surface area contributed by atoms with E-state index in [0.29, 0.717) is 52.5 Å². The fraction of sp³-hybridized carbons (Fsp3) is 0.379. The molecule has 1 N–H and O–H groups in total. The van der Waals surface area contributed by atoms with Crippen LogP contribution in [-0.2, 0) is 20.9 Å². The first-order valence-corrected chi connectivity index (χ1v) is 11.9. The summed E-state index contributed by atoms with van der Waals surface area (Å²) in [7, 11) is 4.61. The van der Waals surface area contributed by atoms with E-state index in [1.54, 1.807) is 13.2 Å². The average molecular weight is 492 g/mol. The van der Waals surface area contributed by atoms with E-state index < -0.39 is 11.9 Å². The van der Waals surface area contributed by atoms with Crippen molar-refractivity contribution in [2.45, 2.75) is 46.1 Å². The van der Waals surface area contributed by atoms with Crippen molar-refractivity contribution in [2.75, 3.05) is 21.3 Å².